The molecule has 0 spiro atoms. The van der Waals surface area contributed by atoms with Gasteiger partial charge >= 0.3 is 0 Å². The minimum Gasteiger partial charge on any atom is -0.347 e. The van der Waals surface area contributed by atoms with E-state index in [9.17, 15) is 4.79 Å². The number of aromatic nitrogens is 1. The number of carbonyl (C=O) groups excluding carboxylic acids is 1. The van der Waals surface area contributed by atoms with E-state index in [0.29, 0.717) is 13.1 Å². The summed E-state index contributed by atoms with van der Waals surface area (Å²) in [6.45, 7) is 6.51. The quantitative estimate of drug-likeness (QED) is 0.857. The van der Waals surface area contributed by atoms with E-state index in [0.717, 1.165) is 42.1 Å². The van der Waals surface area contributed by atoms with Crippen LogP contribution in [0.5, 0.6) is 0 Å². The summed E-state index contributed by atoms with van der Waals surface area (Å²) >= 11 is 0. The normalized spacial score (nSPS) is 16.7. The fourth-order valence-electron chi connectivity index (χ4n) is 2.52. The number of rotatable bonds is 2. The smallest absolute Gasteiger partial charge is 0.241 e. The van der Waals surface area contributed by atoms with E-state index in [-0.39, 0.29) is 5.91 Å². The third-order valence-corrected chi connectivity index (χ3v) is 3.63. The highest BCUT2D eigenvalue weighted by atomic mass is 16.2. The average Bonchev–Trinajstić information content (AvgIpc) is 2.51. The maximum atomic E-state index is 12.0. The number of hydrogen-bond donors (Lipinski definition) is 1. The zero-order valence-corrected chi connectivity index (χ0v) is 11.9. The molecule has 0 bridgehead atoms. The van der Waals surface area contributed by atoms with Gasteiger partial charge in [0.05, 0.1) is 6.54 Å². The zero-order valence-electron chi connectivity index (χ0n) is 11.9. The maximum absolute atomic E-state index is 12.0. The van der Waals surface area contributed by atoms with E-state index in [1.165, 1.54) is 0 Å². The summed E-state index contributed by atoms with van der Waals surface area (Å²) in [6.07, 6.45) is 0.959. The van der Waals surface area contributed by atoms with E-state index in [2.05, 4.69) is 9.88 Å². The van der Waals surface area contributed by atoms with Crippen molar-refractivity contribution >= 4 is 11.7 Å². The number of pyridine rings is 1. The largest absolute Gasteiger partial charge is 0.347 e. The van der Waals surface area contributed by atoms with Gasteiger partial charge in [0.2, 0.25) is 5.91 Å². The molecular weight excluding hydrogens is 240 g/mol. The SMILES string of the molecule is Cc1cc(C)c(CN)c(N2CCCN(C)C(=O)C2)n1. The molecule has 0 saturated carbocycles. The van der Waals surface area contributed by atoms with Crippen LogP contribution >= 0.6 is 0 Å². The van der Waals surface area contributed by atoms with Crippen LogP contribution in [0.3, 0.4) is 0 Å². The van der Waals surface area contributed by atoms with Gasteiger partial charge in [0, 0.05) is 37.9 Å². The third kappa shape index (κ3) is 2.87. The first-order valence-corrected chi connectivity index (χ1v) is 6.69. The Kier molecular flexibility index (Phi) is 4.04. The summed E-state index contributed by atoms with van der Waals surface area (Å²) in [5, 5.41) is 0. The Morgan fingerprint density at radius 2 is 2.11 bits per heavy atom. The molecule has 5 nitrogen and oxygen atoms in total. The van der Waals surface area contributed by atoms with Crippen LogP contribution in [-0.4, -0.2) is 42.5 Å². The fraction of sp³-hybridized carbons (Fsp3) is 0.571. The molecule has 1 amide bonds. The van der Waals surface area contributed by atoms with Crippen LogP contribution in [0, 0.1) is 13.8 Å². The highest BCUT2D eigenvalue weighted by Gasteiger charge is 2.22. The van der Waals surface area contributed by atoms with Gasteiger partial charge in [0.1, 0.15) is 5.82 Å². The minimum atomic E-state index is 0.140. The summed E-state index contributed by atoms with van der Waals surface area (Å²) in [5.74, 6) is 1.02. The summed E-state index contributed by atoms with van der Waals surface area (Å²) in [5.41, 5.74) is 9.01. The van der Waals surface area contributed by atoms with Gasteiger partial charge in [0.25, 0.3) is 0 Å². The molecule has 0 unspecified atom stereocenters. The number of carbonyl (C=O) groups is 1. The van der Waals surface area contributed by atoms with Crippen molar-refractivity contribution in [3.8, 4) is 0 Å². The molecule has 104 valence electrons. The predicted molar refractivity (Wildman–Crippen MR) is 76.1 cm³/mol. The van der Waals surface area contributed by atoms with Crippen molar-refractivity contribution < 1.29 is 4.79 Å². The monoisotopic (exact) mass is 262 g/mol. The van der Waals surface area contributed by atoms with Crippen LogP contribution in [0.25, 0.3) is 0 Å². The lowest BCUT2D eigenvalue weighted by Gasteiger charge is -2.24. The summed E-state index contributed by atoms with van der Waals surface area (Å²) < 4.78 is 0. The number of anilines is 1. The maximum Gasteiger partial charge on any atom is 0.241 e. The van der Waals surface area contributed by atoms with Gasteiger partial charge in [-0.2, -0.15) is 0 Å². The van der Waals surface area contributed by atoms with E-state index < -0.39 is 0 Å². The Labute approximate surface area is 114 Å². The average molecular weight is 262 g/mol. The second-order valence-corrected chi connectivity index (χ2v) is 5.18. The van der Waals surface area contributed by atoms with Crippen molar-refractivity contribution in [3.05, 3.63) is 22.9 Å². The number of nitrogens with zero attached hydrogens (tertiary/aromatic N) is 3. The lowest BCUT2D eigenvalue weighted by atomic mass is 10.1. The number of nitrogens with two attached hydrogens (primary N) is 1. The molecule has 2 N–H and O–H groups in total. The lowest BCUT2D eigenvalue weighted by Crippen LogP contribution is -2.35. The molecule has 1 aliphatic rings. The highest BCUT2D eigenvalue weighted by Crippen LogP contribution is 2.23. The zero-order chi connectivity index (χ0) is 14.0. The lowest BCUT2D eigenvalue weighted by molar-refractivity contribution is -0.127. The van der Waals surface area contributed by atoms with E-state index in [1.807, 2.05) is 27.0 Å². The van der Waals surface area contributed by atoms with E-state index in [1.54, 1.807) is 4.90 Å². The second-order valence-electron chi connectivity index (χ2n) is 5.18. The van der Waals surface area contributed by atoms with E-state index in [4.69, 9.17) is 5.73 Å². The molecule has 5 heteroatoms. The molecule has 19 heavy (non-hydrogen) atoms. The molecule has 2 heterocycles. The van der Waals surface area contributed by atoms with Gasteiger partial charge in [-0.05, 0) is 31.9 Å². The molecule has 1 saturated heterocycles. The Balaban J connectivity index is 2.37. The Bertz CT molecular complexity index is 487. The standard InChI is InChI=1S/C14H22N4O/c1-10-7-11(2)16-14(12(10)8-15)18-6-4-5-17(3)13(19)9-18/h7H,4-6,8-9,15H2,1-3H3. The van der Waals surface area contributed by atoms with Crippen molar-refractivity contribution in [2.45, 2.75) is 26.8 Å². The molecule has 1 aliphatic heterocycles. The van der Waals surface area contributed by atoms with Gasteiger partial charge in [-0.3, -0.25) is 4.79 Å². The molecular formula is C14H22N4O. The molecule has 0 aromatic carbocycles. The topological polar surface area (TPSA) is 62.5 Å². The van der Waals surface area contributed by atoms with Crippen molar-refractivity contribution in [1.29, 1.82) is 0 Å². The Morgan fingerprint density at radius 3 is 2.79 bits per heavy atom. The Morgan fingerprint density at radius 1 is 1.37 bits per heavy atom. The van der Waals surface area contributed by atoms with Crippen molar-refractivity contribution in [1.82, 2.24) is 9.88 Å². The molecule has 0 radical (unpaired) electrons. The van der Waals surface area contributed by atoms with Gasteiger partial charge in [-0.25, -0.2) is 4.98 Å². The van der Waals surface area contributed by atoms with Crippen LogP contribution in [0.1, 0.15) is 23.2 Å². The summed E-state index contributed by atoms with van der Waals surface area (Å²) in [7, 11) is 1.85. The second kappa shape index (κ2) is 5.57. The number of aryl methyl sites for hydroxylation is 2. The predicted octanol–water partition coefficient (Wildman–Crippen LogP) is 0.826. The fourth-order valence-corrected chi connectivity index (χ4v) is 2.52. The van der Waals surface area contributed by atoms with Crippen molar-refractivity contribution in [2.24, 2.45) is 5.73 Å². The van der Waals surface area contributed by atoms with E-state index >= 15 is 0 Å². The Hall–Kier alpha value is -1.62. The van der Waals surface area contributed by atoms with Gasteiger partial charge in [0.15, 0.2) is 0 Å². The molecule has 2 rings (SSSR count). The van der Waals surface area contributed by atoms with Gasteiger partial charge in [-0.15, -0.1) is 0 Å². The van der Waals surface area contributed by atoms with Crippen LogP contribution in [0.15, 0.2) is 6.07 Å². The molecule has 1 aromatic rings. The summed E-state index contributed by atoms with van der Waals surface area (Å²) in [4.78, 5) is 20.4. The third-order valence-electron chi connectivity index (χ3n) is 3.63. The minimum absolute atomic E-state index is 0.140. The van der Waals surface area contributed by atoms with Crippen molar-refractivity contribution in [2.75, 3.05) is 31.6 Å². The molecule has 0 aliphatic carbocycles. The van der Waals surface area contributed by atoms with Crippen LogP contribution in [-0.2, 0) is 11.3 Å². The van der Waals surface area contributed by atoms with Crippen LogP contribution in [0.2, 0.25) is 0 Å². The molecule has 1 aromatic heterocycles. The first-order chi connectivity index (χ1) is 9.02. The van der Waals surface area contributed by atoms with Crippen LogP contribution < -0.4 is 10.6 Å². The molecule has 0 atom stereocenters. The molecule has 1 fully saturated rings. The first-order valence-electron chi connectivity index (χ1n) is 6.69. The van der Waals surface area contributed by atoms with Crippen LogP contribution in [0.4, 0.5) is 5.82 Å². The van der Waals surface area contributed by atoms with Gasteiger partial charge in [-0.1, -0.05) is 0 Å². The number of likely N-dealkylation sites (N-methyl/N-ethyl adjacent to an activating group) is 1. The highest BCUT2D eigenvalue weighted by molar-refractivity contribution is 5.81. The van der Waals surface area contributed by atoms with Gasteiger partial charge < -0.3 is 15.5 Å². The first kappa shape index (κ1) is 13.8. The summed E-state index contributed by atoms with van der Waals surface area (Å²) in [6, 6.07) is 2.04. The number of hydrogen-bond acceptors (Lipinski definition) is 4. The van der Waals surface area contributed by atoms with Crippen molar-refractivity contribution in [3.63, 3.8) is 0 Å². The number of amides is 1.